The molecular weight excluding hydrogens is 320 g/mol. The number of carbonyl (C=O) groups excluding carboxylic acids is 1. The molecule has 4 rings (SSSR count). The highest BCUT2D eigenvalue weighted by molar-refractivity contribution is 5.97. The highest BCUT2D eigenvalue weighted by Crippen LogP contribution is 2.26. The van der Waals surface area contributed by atoms with Gasteiger partial charge >= 0.3 is 5.76 Å². The van der Waals surface area contributed by atoms with E-state index in [0.717, 1.165) is 17.9 Å². The summed E-state index contributed by atoms with van der Waals surface area (Å²) in [6.45, 7) is 3.21. The molecule has 25 heavy (non-hydrogen) atoms. The molecule has 1 aromatic carbocycles. The zero-order valence-electron chi connectivity index (χ0n) is 14.1. The van der Waals surface area contributed by atoms with Crippen LogP contribution in [0.15, 0.2) is 39.7 Å². The Morgan fingerprint density at radius 1 is 1.32 bits per heavy atom. The molecule has 0 unspecified atom stereocenters. The minimum absolute atomic E-state index is 0.0503. The molecule has 1 amide bonds. The van der Waals surface area contributed by atoms with E-state index in [-0.39, 0.29) is 11.8 Å². The van der Waals surface area contributed by atoms with Crippen LogP contribution in [0.2, 0.25) is 0 Å². The van der Waals surface area contributed by atoms with E-state index in [1.807, 2.05) is 17.9 Å². The van der Waals surface area contributed by atoms with Crippen LogP contribution in [0.1, 0.15) is 34.2 Å². The Morgan fingerprint density at radius 3 is 2.96 bits per heavy atom. The lowest BCUT2D eigenvalue weighted by Gasteiger charge is -2.16. The van der Waals surface area contributed by atoms with E-state index in [4.69, 9.17) is 4.42 Å². The van der Waals surface area contributed by atoms with Crippen molar-refractivity contribution in [3.05, 3.63) is 58.1 Å². The summed E-state index contributed by atoms with van der Waals surface area (Å²) < 4.78 is 6.51. The standard InChI is InChI=1S/C18H18N4O3/c1-11-5-7-19-16(20-11)13-6-8-22(10-13)17(23)12-3-4-15-14(9-12)21(2)18(24)25-15/h3-5,7,9,13H,6,8,10H2,1-2H3/t13-/m1/s1. The fourth-order valence-corrected chi connectivity index (χ4v) is 3.26. The molecule has 1 fully saturated rings. The monoisotopic (exact) mass is 338 g/mol. The maximum atomic E-state index is 12.8. The molecule has 7 nitrogen and oxygen atoms in total. The van der Waals surface area contributed by atoms with Gasteiger partial charge in [0.05, 0.1) is 5.52 Å². The van der Waals surface area contributed by atoms with Gasteiger partial charge in [0.25, 0.3) is 5.91 Å². The van der Waals surface area contributed by atoms with Crippen molar-refractivity contribution < 1.29 is 9.21 Å². The van der Waals surface area contributed by atoms with Crippen LogP contribution in [-0.2, 0) is 7.05 Å². The fraction of sp³-hybridized carbons (Fsp3) is 0.333. The molecule has 1 saturated heterocycles. The van der Waals surface area contributed by atoms with Crippen LogP contribution in [0.4, 0.5) is 0 Å². The minimum atomic E-state index is -0.433. The van der Waals surface area contributed by atoms with Crippen LogP contribution in [0, 0.1) is 6.92 Å². The zero-order valence-corrected chi connectivity index (χ0v) is 14.1. The number of hydrogen-bond acceptors (Lipinski definition) is 5. The summed E-state index contributed by atoms with van der Waals surface area (Å²) in [5, 5.41) is 0. The normalized spacial score (nSPS) is 17.4. The van der Waals surface area contributed by atoms with E-state index in [0.29, 0.717) is 29.8 Å². The number of likely N-dealkylation sites (tertiary alicyclic amines) is 1. The maximum Gasteiger partial charge on any atom is 0.419 e. The lowest BCUT2D eigenvalue weighted by atomic mass is 10.1. The van der Waals surface area contributed by atoms with Crippen molar-refractivity contribution >= 4 is 17.0 Å². The van der Waals surface area contributed by atoms with Gasteiger partial charge in [0, 0.05) is 43.5 Å². The molecule has 128 valence electrons. The van der Waals surface area contributed by atoms with Crippen LogP contribution < -0.4 is 5.76 Å². The van der Waals surface area contributed by atoms with Crippen LogP contribution >= 0.6 is 0 Å². The third-order valence-corrected chi connectivity index (χ3v) is 4.69. The van der Waals surface area contributed by atoms with Crippen molar-refractivity contribution in [2.45, 2.75) is 19.3 Å². The number of nitrogens with zero attached hydrogens (tertiary/aromatic N) is 4. The van der Waals surface area contributed by atoms with E-state index in [1.165, 1.54) is 4.57 Å². The molecule has 0 spiro atoms. The van der Waals surface area contributed by atoms with Crippen LogP contribution in [0.5, 0.6) is 0 Å². The van der Waals surface area contributed by atoms with Crippen molar-refractivity contribution in [1.82, 2.24) is 19.4 Å². The molecule has 1 aliphatic heterocycles. The first kappa shape index (κ1) is 15.6. The number of carbonyl (C=O) groups is 1. The van der Waals surface area contributed by atoms with Gasteiger partial charge < -0.3 is 9.32 Å². The average Bonchev–Trinajstić information content (AvgIpc) is 3.20. The number of fused-ring (bicyclic) bond motifs is 1. The number of hydrogen-bond donors (Lipinski definition) is 0. The molecule has 1 aliphatic rings. The third-order valence-electron chi connectivity index (χ3n) is 4.69. The minimum Gasteiger partial charge on any atom is -0.408 e. The first-order valence-electron chi connectivity index (χ1n) is 8.21. The Morgan fingerprint density at radius 2 is 2.16 bits per heavy atom. The van der Waals surface area contributed by atoms with Crippen molar-refractivity contribution in [3.63, 3.8) is 0 Å². The summed E-state index contributed by atoms with van der Waals surface area (Å²) in [6.07, 6.45) is 2.61. The molecule has 0 bridgehead atoms. The van der Waals surface area contributed by atoms with Crippen molar-refractivity contribution in [1.29, 1.82) is 0 Å². The average molecular weight is 338 g/mol. The summed E-state index contributed by atoms with van der Waals surface area (Å²) in [7, 11) is 1.63. The van der Waals surface area contributed by atoms with Gasteiger partial charge in [-0.2, -0.15) is 0 Å². The fourth-order valence-electron chi connectivity index (χ4n) is 3.26. The van der Waals surface area contributed by atoms with Gasteiger partial charge in [0.1, 0.15) is 5.82 Å². The van der Waals surface area contributed by atoms with Gasteiger partial charge in [0.2, 0.25) is 0 Å². The highest BCUT2D eigenvalue weighted by Gasteiger charge is 2.30. The second-order valence-corrected chi connectivity index (χ2v) is 6.40. The molecule has 0 saturated carbocycles. The quantitative estimate of drug-likeness (QED) is 0.712. The Balaban J connectivity index is 1.57. The molecule has 7 heteroatoms. The van der Waals surface area contributed by atoms with Crippen LogP contribution in [0.3, 0.4) is 0 Å². The number of rotatable bonds is 2. The SMILES string of the molecule is Cc1ccnc([C@@H]2CCN(C(=O)c3ccc4oc(=O)n(C)c4c3)C2)n1. The smallest absolute Gasteiger partial charge is 0.408 e. The Hall–Kier alpha value is -2.96. The second kappa shape index (κ2) is 5.84. The van der Waals surface area contributed by atoms with Gasteiger partial charge in [-0.1, -0.05) is 0 Å². The Kier molecular flexibility index (Phi) is 3.63. The lowest BCUT2D eigenvalue weighted by Crippen LogP contribution is -2.28. The van der Waals surface area contributed by atoms with Crippen molar-refractivity contribution in [2.75, 3.05) is 13.1 Å². The second-order valence-electron chi connectivity index (χ2n) is 6.40. The first-order chi connectivity index (χ1) is 12.0. The number of aromatic nitrogens is 3. The molecule has 0 aliphatic carbocycles. The third kappa shape index (κ3) is 2.71. The first-order valence-corrected chi connectivity index (χ1v) is 8.21. The molecule has 3 aromatic rings. The van der Waals surface area contributed by atoms with Gasteiger partial charge in [-0.3, -0.25) is 9.36 Å². The van der Waals surface area contributed by atoms with Crippen molar-refractivity contribution in [2.24, 2.45) is 7.05 Å². The van der Waals surface area contributed by atoms with Crippen LogP contribution in [-0.4, -0.2) is 38.4 Å². The van der Waals surface area contributed by atoms with Gasteiger partial charge in [-0.05, 0) is 37.6 Å². The summed E-state index contributed by atoms with van der Waals surface area (Å²) in [5.74, 6) is 0.469. The van der Waals surface area contributed by atoms with Gasteiger partial charge in [-0.15, -0.1) is 0 Å². The summed E-state index contributed by atoms with van der Waals surface area (Å²) >= 11 is 0. The molecule has 1 atom stereocenters. The van der Waals surface area contributed by atoms with E-state index >= 15 is 0 Å². The summed E-state index contributed by atoms with van der Waals surface area (Å²) in [6, 6.07) is 6.94. The van der Waals surface area contributed by atoms with E-state index in [2.05, 4.69) is 9.97 Å². The maximum absolute atomic E-state index is 12.8. The largest absolute Gasteiger partial charge is 0.419 e. The zero-order chi connectivity index (χ0) is 17.6. The highest BCUT2D eigenvalue weighted by atomic mass is 16.4. The number of oxazole rings is 1. The predicted molar refractivity (Wildman–Crippen MR) is 91.5 cm³/mol. The molecule has 0 radical (unpaired) electrons. The van der Waals surface area contributed by atoms with Crippen molar-refractivity contribution in [3.8, 4) is 0 Å². The summed E-state index contributed by atoms with van der Waals surface area (Å²) in [5.41, 5.74) is 2.58. The lowest BCUT2D eigenvalue weighted by molar-refractivity contribution is 0.0790. The van der Waals surface area contributed by atoms with Gasteiger partial charge in [-0.25, -0.2) is 14.8 Å². The van der Waals surface area contributed by atoms with Crippen LogP contribution in [0.25, 0.3) is 11.1 Å². The number of aryl methyl sites for hydroxylation is 2. The van der Waals surface area contributed by atoms with E-state index < -0.39 is 5.76 Å². The number of benzene rings is 1. The number of amides is 1. The predicted octanol–water partition coefficient (Wildman–Crippen LogP) is 1.86. The van der Waals surface area contributed by atoms with E-state index in [9.17, 15) is 9.59 Å². The molecule has 2 aromatic heterocycles. The van der Waals surface area contributed by atoms with E-state index in [1.54, 1.807) is 31.4 Å². The topological polar surface area (TPSA) is 81.2 Å². The molecule has 3 heterocycles. The molecule has 0 N–H and O–H groups in total. The Labute approximate surface area is 143 Å². The Bertz CT molecular complexity index is 1020. The molecular formula is C18H18N4O3. The van der Waals surface area contributed by atoms with Gasteiger partial charge in [0.15, 0.2) is 5.58 Å². The summed E-state index contributed by atoms with van der Waals surface area (Å²) in [4.78, 5) is 35.0.